The van der Waals surface area contributed by atoms with Crippen LogP contribution < -0.4 is 15.6 Å². The number of benzene rings is 1. The van der Waals surface area contributed by atoms with Crippen molar-refractivity contribution in [3.8, 4) is 5.75 Å². The third-order valence-electron chi connectivity index (χ3n) is 3.23. The molecule has 26 heavy (non-hydrogen) atoms. The van der Waals surface area contributed by atoms with Crippen LogP contribution in [0.1, 0.15) is 0 Å². The lowest BCUT2D eigenvalue weighted by Gasteiger charge is -2.10. The van der Waals surface area contributed by atoms with E-state index in [2.05, 4.69) is 5.32 Å². The molecule has 1 heterocycles. The summed E-state index contributed by atoms with van der Waals surface area (Å²) < 4.78 is 10.9. The summed E-state index contributed by atoms with van der Waals surface area (Å²) >= 11 is 0. The molecule has 0 saturated heterocycles. The number of carbonyl (C=O) groups is 2. The van der Waals surface area contributed by atoms with E-state index < -0.39 is 23.4 Å². The minimum absolute atomic E-state index is 0.0713. The number of hydrogen-bond donors (Lipinski definition) is 1. The number of ether oxygens (including phenoxy) is 2. The Balaban J connectivity index is 1.95. The van der Waals surface area contributed by atoms with Crippen LogP contribution in [0.5, 0.6) is 5.75 Å². The highest BCUT2D eigenvalue weighted by Gasteiger charge is 2.15. The zero-order valence-corrected chi connectivity index (χ0v) is 13.7. The molecule has 0 atom stereocenters. The zero-order chi connectivity index (χ0) is 19.1. The van der Waals surface area contributed by atoms with Gasteiger partial charge in [-0.3, -0.25) is 24.5 Å². The van der Waals surface area contributed by atoms with Crippen molar-refractivity contribution in [1.29, 1.82) is 0 Å². The lowest BCUT2D eigenvalue weighted by atomic mass is 10.2. The summed E-state index contributed by atoms with van der Waals surface area (Å²) in [5.74, 6) is -1.27. The van der Waals surface area contributed by atoms with Gasteiger partial charge in [0.25, 0.3) is 17.2 Å². The van der Waals surface area contributed by atoms with Crippen LogP contribution in [-0.2, 0) is 20.9 Å². The first-order valence-electron chi connectivity index (χ1n) is 7.34. The molecule has 10 heteroatoms. The number of hydrogen-bond acceptors (Lipinski definition) is 7. The Morgan fingerprint density at radius 3 is 2.69 bits per heavy atom. The van der Waals surface area contributed by atoms with Crippen LogP contribution in [0.3, 0.4) is 0 Å². The van der Waals surface area contributed by atoms with Gasteiger partial charge < -0.3 is 19.4 Å². The van der Waals surface area contributed by atoms with Gasteiger partial charge in [-0.15, -0.1) is 0 Å². The average molecular weight is 361 g/mol. The van der Waals surface area contributed by atoms with Crippen molar-refractivity contribution in [3.05, 3.63) is 63.1 Å². The molecule has 0 aliphatic heterocycles. The minimum atomic E-state index is -0.778. The molecular formula is C16H15N3O7. The summed E-state index contributed by atoms with van der Waals surface area (Å²) in [4.78, 5) is 45.3. The third kappa shape index (κ3) is 4.90. The number of nitrogens with one attached hydrogen (secondary N) is 1. The highest BCUT2D eigenvalue weighted by Crippen LogP contribution is 2.28. The van der Waals surface area contributed by atoms with E-state index in [0.29, 0.717) is 0 Å². The first-order chi connectivity index (χ1) is 12.4. The number of amides is 1. The number of nitrogens with zero attached hydrogens (tertiary/aromatic N) is 2. The summed E-state index contributed by atoms with van der Waals surface area (Å²) in [5, 5.41) is 13.2. The number of non-ortho nitro benzene ring substituents is 1. The molecule has 1 aromatic heterocycles. The second-order valence-corrected chi connectivity index (χ2v) is 5.02. The van der Waals surface area contributed by atoms with Crippen LogP contribution in [0.4, 0.5) is 11.4 Å². The maximum Gasteiger partial charge on any atom is 0.326 e. The number of anilines is 1. The second kappa shape index (κ2) is 8.42. The maximum absolute atomic E-state index is 11.9. The molecule has 2 rings (SSSR count). The van der Waals surface area contributed by atoms with E-state index in [9.17, 15) is 24.5 Å². The number of aromatic nitrogens is 1. The largest absolute Gasteiger partial charge is 0.495 e. The van der Waals surface area contributed by atoms with Crippen LogP contribution in [0, 0.1) is 10.1 Å². The van der Waals surface area contributed by atoms with Crippen molar-refractivity contribution in [1.82, 2.24) is 4.57 Å². The van der Waals surface area contributed by atoms with Gasteiger partial charge in [0.2, 0.25) is 0 Å². The van der Waals surface area contributed by atoms with Crippen LogP contribution >= 0.6 is 0 Å². The topological polar surface area (TPSA) is 130 Å². The van der Waals surface area contributed by atoms with Crippen molar-refractivity contribution < 1.29 is 24.0 Å². The van der Waals surface area contributed by atoms with Crippen LogP contribution in [0.2, 0.25) is 0 Å². The Morgan fingerprint density at radius 2 is 2.04 bits per heavy atom. The fraction of sp³-hybridized carbons (Fsp3) is 0.188. The number of rotatable bonds is 7. The number of nitro groups is 1. The van der Waals surface area contributed by atoms with Crippen molar-refractivity contribution in [2.75, 3.05) is 19.0 Å². The first kappa shape index (κ1) is 18.6. The molecule has 2 aromatic rings. The summed E-state index contributed by atoms with van der Waals surface area (Å²) in [6, 6.07) is 8.09. The molecule has 1 N–H and O–H groups in total. The molecule has 1 aromatic carbocycles. The van der Waals surface area contributed by atoms with E-state index in [4.69, 9.17) is 9.47 Å². The normalized spacial score (nSPS) is 10.0. The average Bonchev–Trinajstić information content (AvgIpc) is 2.62. The van der Waals surface area contributed by atoms with Crippen LogP contribution in [0.15, 0.2) is 47.4 Å². The van der Waals surface area contributed by atoms with Crippen LogP contribution in [-0.4, -0.2) is 35.1 Å². The smallest absolute Gasteiger partial charge is 0.326 e. The summed E-state index contributed by atoms with van der Waals surface area (Å²) in [6.45, 7) is -0.959. The van der Waals surface area contributed by atoms with E-state index in [1.54, 1.807) is 6.07 Å². The van der Waals surface area contributed by atoms with Gasteiger partial charge in [-0.1, -0.05) is 6.07 Å². The molecule has 0 spiro atoms. The van der Waals surface area contributed by atoms with Gasteiger partial charge in [-0.2, -0.15) is 0 Å². The van der Waals surface area contributed by atoms with Gasteiger partial charge in [-0.25, -0.2) is 0 Å². The lowest BCUT2D eigenvalue weighted by Crippen LogP contribution is -2.27. The van der Waals surface area contributed by atoms with E-state index in [-0.39, 0.29) is 29.2 Å². The summed E-state index contributed by atoms with van der Waals surface area (Å²) in [5.41, 5.74) is -0.543. The minimum Gasteiger partial charge on any atom is -0.495 e. The zero-order valence-electron chi connectivity index (χ0n) is 13.7. The van der Waals surface area contributed by atoms with Crippen molar-refractivity contribution in [3.63, 3.8) is 0 Å². The Bertz CT molecular complexity index is 891. The highest BCUT2D eigenvalue weighted by atomic mass is 16.6. The molecule has 0 unspecified atom stereocenters. The van der Waals surface area contributed by atoms with E-state index >= 15 is 0 Å². The van der Waals surface area contributed by atoms with E-state index in [1.807, 2.05) is 0 Å². The van der Waals surface area contributed by atoms with E-state index in [0.717, 1.165) is 10.6 Å². The third-order valence-corrected chi connectivity index (χ3v) is 3.23. The molecule has 1 amide bonds. The highest BCUT2D eigenvalue weighted by molar-refractivity contribution is 5.94. The molecule has 0 fully saturated rings. The van der Waals surface area contributed by atoms with Crippen molar-refractivity contribution in [2.45, 2.75) is 6.54 Å². The van der Waals surface area contributed by atoms with Gasteiger partial charge >= 0.3 is 5.97 Å². The van der Waals surface area contributed by atoms with Gasteiger partial charge in [0, 0.05) is 24.4 Å². The molecule has 0 aliphatic carbocycles. The Kier molecular flexibility index (Phi) is 6.04. The lowest BCUT2D eigenvalue weighted by molar-refractivity contribution is -0.384. The molecule has 0 bridgehead atoms. The van der Waals surface area contributed by atoms with E-state index in [1.165, 1.54) is 37.6 Å². The molecular weight excluding hydrogens is 346 g/mol. The Labute approximate surface area is 147 Å². The summed E-state index contributed by atoms with van der Waals surface area (Å²) in [6.07, 6.45) is 1.41. The SMILES string of the molecule is COc1ccc([N+](=O)[O-])cc1NC(=O)COC(=O)Cn1ccccc1=O. The molecule has 0 saturated carbocycles. The predicted octanol–water partition coefficient (Wildman–Crippen LogP) is 0.947. The first-order valence-corrected chi connectivity index (χ1v) is 7.34. The van der Waals surface area contributed by atoms with Crippen molar-refractivity contribution >= 4 is 23.3 Å². The number of methoxy groups -OCH3 is 1. The van der Waals surface area contributed by atoms with Gasteiger partial charge in [0.05, 0.1) is 17.7 Å². The number of carbonyl (C=O) groups excluding carboxylic acids is 2. The fourth-order valence-corrected chi connectivity index (χ4v) is 2.02. The molecule has 0 radical (unpaired) electrons. The Hall–Kier alpha value is -3.69. The number of nitro benzene ring substituents is 1. The second-order valence-electron chi connectivity index (χ2n) is 5.02. The van der Waals surface area contributed by atoms with Gasteiger partial charge in [-0.05, 0) is 12.1 Å². The standard InChI is InChI=1S/C16H15N3O7/c1-25-13-6-5-11(19(23)24)8-12(13)17-14(20)10-26-16(22)9-18-7-3-2-4-15(18)21/h2-8H,9-10H2,1H3,(H,17,20). The predicted molar refractivity (Wildman–Crippen MR) is 89.9 cm³/mol. The molecule has 136 valence electrons. The number of pyridine rings is 1. The van der Waals surface area contributed by atoms with Gasteiger partial charge in [0.1, 0.15) is 12.3 Å². The maximum atomic E-state index is 11.9. The van der Waals surface area contributed by atoms with Crippen molar-refractivity contribution in [2.24, 2.45) is 0 Å². The quantitative estimate of drug-likeness (QED) is 0.441. The van der Waals surface area contributed by atoms with Gasteiger partial charge in [0.15, 0.2) is 6.61 Å². The molecule has 0 aliphatic rings. The van der Waals surface area contributed by atoms with Crippen LogP contribution in [0.25, 0.3) is 0 Å². The summed E-state index contributed by atoms with van der Waals surface area (Å²) in [7, 11) is 1.34. The number of esters is 1. The fourth-order valence-electron chi connectivity index (χ4n) is 2.02. The monoisotopic (exact) mass is 361 g/mol. The Morgan fingerprint density at radius 1 is 1.27 bits per heavy atom. The molecule has 10 nitrogen and oxygen atoms in total.